The third-order valence-corrected chi connectivity index (χ3v) is 4.86. The van der Waals surface area contributed by atoms with E-state index in [2.05, 4.69) is 10.6 Å². The summed E-state index contributed by atoms with van der Waals surface area (Å²) in [5, 5.41) is 6.33. The van der Waals surface area contributed by atoms with Gasteiger partial charge in [0.05, 0.1) is 0 Å². The summed E-state index contributed by atoms with van der Waals surface area (Å²) in [7, 11) is 3.96. The Balaban J connectivity index is 1.76. The van der Waals surface area contributed by atoms with E-state index in [0.717, 1.165) is 31.1 Å². The average Bonchev–Trinajstić information content (AvgIpc) is 2.64. The molecule has 2 unspecified atom stereocenters. The van der Waals surface area contributed by atoms with Crippen molar-refractivity contribution in [3.05, 3.63) is 70.8 Å². The van der Waals surface area contributed by atoms with Gasteiger partial charge in [-0.25, -0.2) is 8.78 Å². The second kappa shape index (κ2) is 8.59. The highest BCUT2D eigenvalue weighted by molar-refractivity contribution is 5.94. The van der Waals surface area contributed by atoms with Crippen LogP contribution in [0, 0.1) is 11.6 Å². The molecule has 1 saturated heterocycles. The van der Waals surface area contributed by atoms with E-state index < -0.39 is 11.6 Å². The zero-order valence-electron chi connectivity index (χ0n) is 15.6. The van der Waals surface area contributed by atoms with Crippen LogP contribution in [0.3, 0.4) is 0 Å². The summed E-state index contributed by atoms with van der Waals surface area (Å²) >= 11 is 0. The molecule has 1 aliphatic heterocycles. The molecule has 0 spiro atoms. The highest BCUT2D eigenvalue weighted by Gasteiger charge is 2.28. The number of carbonyl (C=O) groups is 1. The Bertz CT molecular complexity index is 810. The standard InChI is InChI=1S/C21H25F2N3O/c1-26(2)13-14-4-3-5-16(10-14)21(27)25-20-12-24-9-8-17(20)15-6-7-18(22)19(23)11-15/h3-7,10-11,17,20,24H,8-9,12-13H2,1-2H3,(H,25,27). The average molecular weight is 373 g/mol. The predicted molar refractivity (Wildman–Crippen MR) is 102 cm³/mol. The summed E-state index contributed by atoms with van der Waals surface area (Å²) in [6, 6.07) is 11.3. The van der Waals surface area contributed by atoms with Crippen molar-refractivity contribution in [3.63, 3.8) is 0 Å². The van der Waals surface area contributed by atoms with Crippen molar-refractivity contribution in [2.75, 3.05) is 27.2 Å². The Morgan fingerprint density at radius 3 is 2.74 bits per heavy atom. The zero-order chi connectivity index (χ0) is 19.4. The lowest BCUT2D eigenvalue weighted by Crippen LogP contribution is -2.50. The minimum Gasteiger partial charge on any atom is -0.347 e. The lowest BCUT2D eigenvalue weighted by Gasteiger charge is -2.33. The molecular weight excluding hydrogens is 348 g/mol. The minimum atomic E-state index is -0.856. The lowest BCUT2D eigenvalue weighted by molar-refractivity contribution is 0.0924. The number of nitrogens with one attached hydrogen (secondary N) is 2. The van der Waals surface area contributed by atoms with E-state index in [4.69, 9.17) is 0 Å². The second-order valence-electron chi connectivity index (χ2n) is 7.29. The Morgan fingerprint density at radius 1 is 1.19 bits per heavy atom. The first-order valence-corrected chi connectivity index (χ1v) is 9.14. The second-order valence-corrected chi connectivity index (χ2v) is 7.29. The highest BCUT2D eigenvalue weighted by atomic mass is 19.2. The quantitative estimate of drug-likeness (QED) is 0.847. The number of hydrogen-bond donors (Lipinski definition) is 2. The van der Waals surface area contributed by atoms with Crippen LogP contribution in [-0.4, -0.2) is 44.0 Å². The maximum absolute atomic E-state index is 13.7. The molecule has 0 bridgehead atoms. The molecule has 2 N–H and O–H groups in total. The van der Waals surface area contributed by atoms with Gasteiger partial charge in [0.15, 0.2) is 11.6 Å². The fourth-order valence-electron chi connectivity index (χ4n) is 3.58. The minimum absolute atomic E-state index is 0.0599. The Kier molecular flexibility index (Phi) is 6.19. The summed E-state index contributed by atoms with van der Waals surface area (Å²) in [6.07, 6.45) is 0.747. The van der Waals surface area contributed by atoms with Crippen molar-refractivity contribution < 1.29 is 13.6 Å². The number of rotatable bonds is 5. The molecule has 0 saturated carbocycles. The van der Waals surface area contributed by atoms with E-state index in [1.807, 2.05) is 37.2 Å². The molecule has 4 nitrogen and oxygen atoms in total. The van der Waals surface area contributed by atoms with Crippen molar-refractivity contribution in [3.8, 4) is 0 Å². The van der Waals surface area contributed by atoms with Gasteiger partial charge in [-0.15, -0.1) is 0 Å². The molecule has 2 aromatic rings. The molecule has 2 atom stereocenters. The first kappa shape index (κ1) is 19.5. The molecular formula is C21H25F2N3O. The monoisotopic (exact) mass is 373 g/mol. The first-order chi connectivity index (χ1) is 12.9. The van der Waals surface area contributed by atoms with E-state index in [0.29, 0.717) is 17.7 Å². The Hall–Kier alpha value is -2.31. The summed E-state index contributed by atoms with van der Waals surface area (Å²) in [5.41, 5.74) is 2.37. The van der Waals surface area contributed by atoms with Crippen LogP contribution >= 0.6 is 0 Å². The van der Waals surface area contributed by atoms with Gasteiger partial charge in [0, 0.05) is 30.6 Å². The van der Waals surface area contributed by atoms with Gasteiger partial charge in [-0.3, -0.25) is 4.79 Å². The number of carbonyl (C=O) groups excluding carboxylic acids is 1. The fourth-order valence-corrected chi connectivity index (χ4v) is 3.58. The van der Waals surface area contributed by atoms with Gasteiger partial charge < -0.3 is 15.5 Å². The molecule has 1 aliphatic rings. The molecule has 0 radical (unpaired) electrons. The van der Waals surface area contributed by atoms with Crippen molar-refractivity contribution in [1.82, 2.24) is 15.5 Å². The van der Waals surface area contributed by atoms with Gasteiger partial charge >= 0.3 is 0 Å². The molecule has 2 aromatic carbocycles. The Labute approximate surface area is 158 Å². The van der Waals surface area contributed by atoms with Crippen molar-refractivity contribution in [2.45, 2.75) is 24.9 Å². The molecule has 0 aromatic heterocycles. The van der Waals surface area contributed by atoms with Crippen LogP contribution in [0.1, 0.15) is 33.8 Å². The first-order valence-electron chi connectivity index (χ1n) is 9.14. The van der Waals surface area contributed by atoms with E-state index in [1.54, 1.807) is 12.1 Å². The van der Waals surface area contributed by atoms with Crippen molar-refractivity contribution in [1.29, 1.82) is 0 Å². The number of amides is 1. The lowest BCUT2D eigenvalue weighted by atomic mass is 9.85. The largest absolute Gasteiger partial charge is 0.347 e. The SMILES string of the molecule is CN(C)Cc1cccc(C(=O)NC2CNCCC2c2ccc(F)c(F)c2)c1. The van der Waals surface area contributed by atoms with Gasteiger partial charge in [-0.2, -0.15) is 0 Å². The van der Waals surface area contributed by atoms with E-state index in [9.17, 15) is 13.6 Å². The number of benzene rings is 2. The van der Waals surface area contributed by atoms with Crippen LogP contribution in [0.2, 0.25) is 0 Å². The van der Waals surface area contributed by atoms with E-state index in [1.165, 1.54) is 6.07 Å². The summed E-state index contributed by atoms with van der Waals surface area (Å²) < 4.78 is 26.9. The summed E-state index contributed by atoms with van der Waals surface area (Å²) in [4.78, 5) is 14.8. The number of piperidine rings is 1. The molecule has 1 heterocycles. The zero-order valence-corrected chi connectivity index (χ0v) is 15.6. The van der Waals surface area contributed by atoms with Crippen LogP contribution in [0.4, 0.5) is 8.78 Å². The maximum atomic E-state index is 13.7. The highest BCUT2D eigenvalue weighted by Crippen LogP contribution is 2.27. The number of halogens is 2. The Morgan fingerprint density at radius 2 is 2.00 bits per heavy atom. The van der Waals surface area contributed by atoms with Gasteiger partial charge in [-0.1, -0.05) is 18.2 Å². The van der Waals surface area contributed by atoms with Gasteiger partial charge in [0.1, 0.15) is 0 Å². The third-order valence-electron chi connectivity index (χ3n) is 4.86. The molecule has 144 valence electrons. The topological polar surface area (TPSA) is 44.4 Å². The molecule has 3 rings (SSSR count). The predicted octanol–water partition coefficient (Wildman–Crippen LogP) is 2.90. The molecule has 1 amide bonds. The third kappa shape index (κ3) is 4.90. The number of nitrogens with zero attached hydrogens (tertiary/aromatic N) is 1. The van der Waals surface area contributed by atoms with Crippen LogP contribution in [0.15, 0.2) is 42.5 Å². The van der Waals surface area contributed by atoms with Crippen LogP contribution in [-0.2, 0) is 6.54 Å². The van der Waals surface area contributed by atoms with Crippen LogP contribution in [0.5, 0.6) is 0 Å². The van der Waals surface area contributed by atoms with Crippen LogP contribution in [0.25, 0.3) is 0 Å². The van der Waals surface area contributed by atoms with Crippen molar-refractivity contribution in [2.24, 2.45) is 0 Å². The van der Waals surface area contributed by atoms with Crippen LogP contribution < -0.4 is 10.6 Å². The normalized spacial score (nSPS) is 19.9. The fraction of sp³-hybridized carbons (Fsp3) is 0.381. The molecule has 0 aliphatic carbocycles. The molecule has 27 heavy (non-hydrogen) atoms. The van der Waals surface area contributed by atoms with Gasteiger partial charge in [0.25, 0.3) is 5.91 Å². The summed E-state index contributed by atoms with van der Waals surface area (Å²) in [6.45, 7) is 2.12. The molecule has 1 fully saturated rings. The maximum Gasteiger partial charge on any atom is 0.251 e. The summed E-state index contributed by atoms with van der Waals surface area (Å²) in [5.74, 6) is -1.93. The molecule has 6 heteroatoms. The van der Waals surface area contributed by atoms with Crippen molar-refractivity contribution >= 4 is 5.91 Å². The van der Waals surface area contributed by atoms with Gasteiger partial charge in [-0.05, 0) is 62.5 Å². The van der Waals surface area contributed by atoms with E-state index in [-0.39, 0.29) is 17.9 Å². The number of hydrogen-bond acceptors (Lipinski definition) is 3. The van der Waals surface area contributed by atoms with E-state index >= 15 is 0 Å². The smallest absolute Gasteiger partial charge is 0.251 e. The van der Waals surface area contributed by atoms with Gasteiger partial charge in [0.2, 0.25) is 0 Å².